The van der Waals surface area contributed by atoms with E-state index in [0.717, 1.165) is 48.7 Å². The lowest BCUT2D eigenvalue weighted by Crippen LogP contribution is -2.47. The quantitative estimate of drug-likeness (QED) is 0.818. The van der Waals surface area contributed by atoms with Gasteiger partial charge >= 0.3 is 0 Å². The van der Waals surface area contributed by atoms with Gasteiger partial charge in [-0.25, -0.2) is 4.98 Å². The number of benzene rings is 1. The zero-order valence-electron chi connectivity index (χ0n) is 15.2. The van der Waals surface area contributed by atoms with Crippen molar-refractivity contribution in [3.05, 3.63) is 23.6 Å². The van der Waals surface area contributed by atoms with Crippen molar-refractivity contribution in [2.24, 2.45) is 5.41 Å². The number of aromatic nitrogens is 1. The normalized spacial score (nSPS) is 18.1. The number of carbonyl (C=O) groups excluding carboxylic acids is 1. The first-order valence-electron chi connectivity index (χ1n) is 9.07. The summed E-state index contributed by atoms with van der Waals surface area (Å²) in [7, 11) is 1.64. The highest BCUT2D eigenvalue weighted by Crippen LogP contribution is 2.36. The molecule has 0 aliphatic carbocycles. The highest BCUT2D eigenvalue weighted by atomic mass is 32.1. The van der Waals surface area contributed by atoms with E-state index < -0.39 is 5.41 Å². The summed E-state index contributed by atoms with van der Waals surface area (Å²) in [6.07, 6.45) is 1.51. The summed E-state index contributed by atoms with van der Waals surface area (Å²) < 4.78 is 16.5. The first-order valence-corrected chi connectivity index (χ1v) is 9.95. The van der Waals surface area contributed by atoms with E-state index >= 15 is 0 Å². The van der Waals surface area contributed by atoms with Crippen molar-refractivity contribution < 1.29 is 19.0 Å². The van der Waals surface area contributed by atoms with Crippen molar-refractivity contribution in [2.75, 3.05) is 45.3 Å². The van der Waals surface area contributed by atoms with Crippen molar-refractivity contribution in [1.29, 1.82) is 0 Å². The zero-order chi connectivity index (χ0) is 18.7. The fraction of sp³-hybridized carbons (Fsp3) is 0.474. The third-order valence-electron chi connectivity index (χ3n) is 5.03. The molecule has 0 saturated carbocycles. The Balaban J connectivity index is 1.50. The second kappa shape index (κ2) is 7.84. The lowest BCUT2D eigenvalue weighted by molar-refractivity contribution is -0.130. The maximum Gasteiger partial charge on any atom is 0.234 e. The Morgan fingerprint density at radius 2 is 2.07 bits per heavy atom. The maximum absolute atomic E-state index is 12.9. The highest BCUT2D eigenvalue weighted by molar-refractivity contribution is 7.14. The number of carbonyl (C=O) groups is 1. The number of piperidine rings is 1. The summed E-state index contributed by atoms with van der Waals surface area (Å²) >= 11 is 1.42. The molecule has 0 unspecified atom stereocenters. The molecule has 1 fully saturated rings. The topological polar surface area (TPSA) is 81.7 Å². The monoisotopic (exact) mass is 389 g/mol. The summed E-state index contributed by atoms with van der Waals surface area (Å²) in [5.74, 6) is 1.46. The zero-order valence-corrected chi connectivity index (χ0v) is 16.1. The van der Waals surface area contributed by atoms with Crippen molar-refractivity contribution in [3.8, 4) is 22.8 Å². The summed E-state index contributed by atoms with van der Waals surface area (Å²) in [6, 6.07) is 5.77. The Bertz CT molecular complexity index is 812. The average Bonchev–Trinajstić information content (AvgIpc) is 3.17. The molecule has 1 aromatic heterocycles. The third kappa shape index (κ3) is 3.78. The molecule has 4 rings (SSSR count). The van der Waals surface area contributed by atoms with Gasteiger partial charge in [-0.3, -0.25) is 4.79 Å². The molecular weight excluding hydrogens is 366 g/mol. The summed E-state index contributed by atoms with van der Waals surface area (Å²) in [4.78, 5) is 17.5. The van der Waals surface area contributed by atoms with Gasteiger partial charge in [-0.1, -0.05) is 0 Å². The van der Waals surface area contributed by atoms with Crippen LogP contribution >= 0.6 is 11.3 Å². The van der Waals surface area contributed by atoms with E-state index in [9.17, 15) is 4.79 Å². The molecule has 0 radical (unpaired) electrons. The van der Waals surface area contributed by atoms with Crippen LogP contribution in [-0.2, 0) is 9.53 Å². The van der Waals surface area contributed by atoms with Crippen LogP contribution in [0.3, 0.4) is 0 Å². The molecule has 2 N–H and O–H groups in total. The first kappa shape index (κ1) is 18.2. The Morgan fingerprint density at radius 3 is 2.85 bits per heavy atom. The van der Waals surface area contributed by atoms with Crippen molar-refractivity contribution in [3.63, 3.8) is 0 Å². The van der Waals surface area contributed by atoms with E-state index in [1.54, 1.807) is 7.11 Å². The fourth-order valence-corrected chi connectivity index (χ4v) is 4.23. The molecule has 144 valence electrons. The number of hydrogen-bond acceptors (Lipinski definition) is 7. The number of anilines is 1. The highest BCUT2D eigenvalue weighted by Gasteiger charge is 2.40. The Morgan fingerprint density at radius 1 is 1.30 bits per heavy atom. The lowest BCUT2D eigenvalue weighted by Gasteiger charge is -2.35. The van der Waals surface area contributed by atoms with Gasteiger partial charge in [-0.2, -0.15) is 0 Å². The third-order valence-corrected chi connectivity index (χ3v) is 5.78. The Kier molecular flexibility index (Phi) is 5.29. The maximum atomic E-state index is 12.9. The van der Waals surface area contributed by atoms with Crippen LogP contribution in [-0.4, -0.2) is 50.9 Å². The van der Waals surface area contributed by atoms with Crippen molar-refractivity contribution >= 4 is 22.4 Å². The molecule has 1 aromatic carbocycles. The predicted octanol–water partition coefficient (Wildman–Crippen LogP) is 2.54. The first-order chi connectivity index (χ1) is 13.2. The van der Waals surface area contributed by atoms with Gasteiger partial charge < -0.3 is 24.8 Å². The minimum absolute atomic E-state index is 0.0195. The summed E-state index contributed by atoms with van der Waals surface area (Å²) in [5.41, 5.74) is 1.24. The fourth-order valence-electron chi connectivity index (χ4n) is 3.51. The number of fused-ring (bicyclic) bond motifs is 1. The average molecular weight is 389 g/mol. The standard InChI is InChI=1S/C19H23N3O4S/c1-24-12-19(4-6-20-7-5-19)17(23)22-18-21-14(11-27-18)13-2-3-15-16(10-13)26-9-8-25-15/h2-3,10-11,20H,4-9,12H2,1H3,(H,21,22,23). The van der Waals surface area contributed by atoms with E-state index in [4.69, 9.17) is 14.2 Å². The van der Waals surface area contributed by atoms with Crippen LogP contribution in [0, 0.1) is 5.41 Å². The molecule has 8 heteroatoms. The van der Waals surface area contributed by atoms with Gasteiger partial charge in [0.25, 0.3) is 0 Å². The van der Waals surface area contributed by atoms with Crippen LogP contribution < -0.4 is 20.1 Å². The molecule has 27 heavy (non-hydrogen) atoms. The number of rotatable bonds is 5. The number of nitrogens with one attached hydrogen (secondary N) is 2. The van der Waals surface area contributed by atoms with E-state index in [-0.39, 0.29) is 5.91 Å². The molecule has 3 heterocycles. The number of nitrogens with zero attached hydrogens (tertiary/aromatic N) is 1. The number of methoxy groups -OCH3 is 1. The molecule has 0 spiro atoms. The van der Waals surface area contributed by atoms with Crippen LogP contribution in [0.2, 0.25) is 0 Å². The molecular formula is C19H23N3O4S. The molecule has 2 aliphatic heterocycles. The van der Waals surface area contributed by atoms with Crippen LogP contribution in [0.5, 0.6) is 11.5 Å². The van der Waals surface area contributed by atoms with E-state index in [2.05, 4.69) is 15.6 Å². The summed E-state index contributed by atoms with van der Waals surface area (Å²) in [6.45, 7) is 3.17. The molecule has 0 atom stereocenters. The summed E-state index contributed by atoms with van der Waals surface area (Å²) in [5, 5.41) is 8.82. The molecule has 2 aliphatic rings. The number of amides is 1. The van der Waals surface area contributed by atoms with Crippen molar-refractivity contribution in [1.82, 2.24) is 10.3 Å². The SMILES string of the molecule is COCC1(C(=O)Nc2nc(-c3ccc4c(c3)OCCO4)cs2)CCNCC1. The van der Waals surface area contributed by atoms with Crippen LogP contribution in [0.1, 0.15) is 12.8 Å². The largest absolute Gasteiger partial charge is 0.486 e. The van der Waals surface area contributed by atoms with Gasteiger partial charge in [0.15, 0.2) is 16.6 Å². The predicted molar refractivity (Wildman–Crippen MR) is 104 cm³/mol. The molecule has 2 aromatic rings. The van der Waals surface area contributed by atoms with Crippen LogP contribution in [0.25, 0.3) is 11.3 Å². The van der Waals surface area contributed by atoms with Gasteiger partial charge in [-0.15, -0.1) is 11.3 Å². The minimum atomic E-state index is -0.497. The Hall–Kier alpha value is -2.16. The number of hydrogen-bond donors (Lipinski definition) is 2. The van der Waals surface area contributed by atoms with Gasteiger partial charge in [-0.05, 0) is 44.1 Å². The van der Waals surface area contributed by atoms with Gasteiger partial charge in [0.2, 0.25) is 5.91 Å². The van der Waals surface area contributed by atoms with E-state index in [1.807, 2.05) is 23.6 Å². The number of ether oxygens (including phenoxy) is 3. The van der Waals surface area contributed by atoms with E-state index in [1.165, 1.54) is 11.3 Å². The van der Waals surface area contributed by atoms with Gasteiger partial charge in [0.1, 0.15) is 13.2 Å². The molecule has 1 saturated heterocycles. The van der Waals surface area contributed by atoms with Crippen molar-refractivity contribution in [2.45, 2.75) is 12.8 Å². The number of thiazole rings is 1. The van der Waals surface area contributed by atoms with Gasteiger partial charge in [0.05, 0.1) is 17.7 Å². The lowest BCUT2D eigenvalue weighted by atomic mass is 9.79. The molecule has 7 nitrogen and oxygen atoms in total. The molecule has 0 bridgehead atoms. The Labute approximate surface area is 162 Å². The molecule has 1 amide bonds. The minimum Gasteiger partial charge on any atom is -0.486 e. The second-order valence-corrected chi connectivity index (χ2v) is 7.67. The van der Waals surface area contributed by atoms with Gasteiger partial charge in [0, 0.05) is 18.1 Å². The second-order valence-electron chi connectivity index (χ2n) is 6.81. The smallest absolute Gasteiger partial charge is 0.234 e. The van der Waals surface area contributed by atoms with E-state index in [0.29, 0.717) is 25.0 Å². The van der Waals surface area contributed by atoms with Crippen LogP contribution in [0.15, 0.2) is 23.6 Å². The van der Waals surface area contributed by atoms with Crippen LogP contribution in [0.4, 0.5) is 5.13 Å².